The molecule has 0 spiro atoms. The molecule has 0 rings (SSSR count). The standard InChI is InChI=1S/C8H14F4N2O/c1-2-3-13-4-5-14-7(15)8(11,12)6(9)10/h6,13H,2-5H2,1H3,(H,14,15). The van der Waals surface area contributed by atoms with Crippen LogP contribution in [0.25, 0.3) is 0 Å². The van der Waals surface area contributed by atoms with Crippen LogP contribution in [0.3, 0.4) is 0 Å². The normalized spacial score (nSPS) is 11.9. The molecule has 0 bridgehead atoms. The highest BCUT2D eigenvalue weighted by Crippen LogP contribution is 2.22. The van der Waals surface area contributed by atoms with Crippen molar-refractivity contribution in [2.45, 2.75) is 25.7 Å². The number of carbonyl (C=O) groups excluding carboxylic acids is 1. The number of rotatable bonds is 7. The van der Waals surface area contributed by atoms with E-state index in [9.17, 15) is 22.4 Å². The molecule has 7 heteroatoms. The smallest absolute Gasteiger partial charge is 0.349 e. The van der Waals surface area contributed by atoms with Gasteiger partial charge in [0.05, 0.1) is 0 Å². The van der Waals surface area contributed by atoms with Crippen molar-refractivity contribution in [1.29, 1.82) is 0 Å². The molecule has 0 heterocycles. The second-order valence-corrected chi connectivity index (χ2v) is 2.93. The van der Waals surface area contributed by atoms with E-state index >= 15 is 0 Å². The first-order chi connectivity index (χ1) is 6.92. The molecule has 15 heavy (non-hydrogen) atoms. The van der Waals surface area contributed by atoms with Gasteiger partial charge in [-0.15, -0.1) is 0 Å². The van der Waals surface area contributed by atoms with Crippen LogP contribution in [0, 0.1) is 0 Å². The molecule has 0 aromatic carbocycles. The molecule has 0 saturated carbocycles. The van der Waals surface area contributed by atoms with Gasteiger partial charge in [-0.2, -0.15) is 8.78 Å². The van der Waals surface area contributed by atoms with Crippen LogP contribution >= 0.6 is 0 Å². The molecule has 90 valence electrons. The molecule has 0 aliphatic carbocycles. The van der Waals surface area contributed by atoms with E-state index in [4.69, 9.17) is 0 Å². The molecule has 0 aromatic rings. The van der Waals surface area contributed by atoms with Crippen molar-refractivity contribution < 1.29 is 22.4 Å². The van der Waals surface area contributed by atoms with E-state index in [1.807, 2.05) is 6.92 Å². The van der Waals surface area contributed by atoms with Gasteiger partial charge >= 0.3 is 12.3 Å². The third kappa shape index (κ3) is 4.96. The van der Waals surface area contributed by atoms with Crippen molar-refractivity contribution in [3.05, 3.63) is 0 Å². The summed E-state index contributed by atoms with van der Waals surface area (Å²) in [5.74, 6) is -6.54. The van der Waals surface area contributed by atoms with Gasteiger partial charge in [-0.3, -0.25) is 4.79 Å². The molecular formula is C8H14F4N2O. The quantitative estimate of drug-likeness (QED) is 0.506. The molecule has 0 aromatic heterocycles. The number of nitrogens with one attached hydrogen (secondary N) is 2. The highest BCUT2D eigenvalue weighted by molar-refractivity contribution is 5.83. The predicted molar refractivity (Wildman–Crippen MR) is 47.1 cm³/mol. The fraction of sp³-hybridized carbons (Fsp3) is 0.875. The summed E-state index contributed by atoms with van der Waals surface area (Å²) in [5.41, 5.74) is 0. The molecule has 0 aliphatic rings. The highest BCUT2D eigenvalue weighted by atomic mass is 19.3. The van der Waals surface area contributed by atoms with Crippen LogP contribution in [0.5, 0.6) is 0 Å². The molecule has 1 amide bonds. The van der Waals surface area contributed by atoms with Gasteiger partial charge < -0.3 is 10.6 Å². The summed E-state index contributed by atoms with van der Waals surface area (Å²) in [4.78, 5) is 10.6. The maximum Gasteiger partial charge on any atom is 0.383 e. The van der Waals surface area contributed by atoms with Gasteiger partial charge in [-0.1, -0.05) is 6.92 Å². The van der Waals surface area contributed by atoms with Crippen LogP contribution in [0.4, 0.5) is 17.6 Å². The summed E-state index contributed by atoms with van der Waals surface area (Å²) in [6.45, 7) is 2.78. The lowest BCUT2D eigenvalue weighted by atomic mass is 10.3. The average Bonchev–Trinajstić information content (AvgIpc) is 2.16. The Bertz CT molecular complexity index is 199. The van der Waals surface area contributed by atoms with Gasteiger partial charge in [0.1, 0.15) is 0 Å². The number of halogens is 4. The average molecular weight is 230 g/mol. The zero-order chi connectivity index (χ0) is 11.9. The number of hydrogen-bond acceptors (Lipinski definition) is 2. The highest BCUT2D eigenvalue weighted by Gasteiger charge is 2.48. The third-order valence-electron chi connectivity index (χ3n) is 1.59. The third-order valence-corrected chi connectivity index (χ3v) is 1.59. The molecule has 2 N–H and O–H groups in total. The predicted octanol–water partition coefficient (Wildman–Crippen LogP) is 1.00. The molecule has 3 nitrogen and oxygen atoms in total. The van der Waals surface area contributed by atoms with Crippen LogP contribution in [0.15, 0.2) is 0 Å². The first-order valence-electron chi connectivity index (χ1n) is 4.57. The summed E-state index contributed by atoms with van der Waals surface area (Å²) in [7, 11) is 0. The van der Waals surface area contributed by atoms with E-state index in [0.717, 1.165) is 6.42 Å². The summed E-state index contributed by atoms with van der Waals surface area (Å²) in [5, 5.41) is 4.56. The maximum absolute atomic E-state index is 12.3. The lowest BCUT2D eigenvalue weighted by Gasteiger charge is -2.14. The van der Waals surface area contributed by atoms with E-state index in [0.29, 0.717) is 6.54 Å². The Hall–Kier alpha value is -0.850. The first kappa shape index (κ1) is 14.2. The maximum atomic E-state index is 12.3. The summed E-state index contributed by atoms with van der Waals surface area (Å²) in [6.07, 6.45) is -3.11. The van der Waals surface area contributed by atoms with E-state index in [2.05, 4.69) is 5.32 Å². The van der Waals surface area contributed by atoms with Crippen LogP contribution in [0.1, 0.15) is 13.3 Å². The van der Waals surface area contributed by atoms with Gasteiger partial charge in [0, 0.05) is 13.1 Å². The zero-order valence-electron chi connectivity index (χ0n) is 8.33. The monoisotopic (exact) mass is 230 g/mol. The summed E-state index contributed by atoms with van der Waals surface area (Å²) >= 11 is 0. The Labute approximate surface area is 85.2 Å². The minimum absolute atomic E-state index is 0.0961. The molecule has 0 radical (unpaired) electrons. The summed E-state index contributed by atoms with van der Waals surface area (Å²) < 4.78 is 48.0. The van der Waals surface area contributed by atoms with Crippen LogP contribution in [-0.4, -0.2) is 37.9 Å². The minimum Gasteiger partial charge on any atom is -0.349 e. The second kappa shape index (κ2) is 6.60. The van der Waals surface area contributed by atoms with Crippen LogP contribution < -0.4 is 10.6 Å². The Morgan fingerprint density at radius 3 is 2.33 bits per heavy atom. The van der Waals surface area contributed by atoms with Crippen molar-refractivity contribution in [1.82, 2.24) is 10.6 Å². The molecule has 0 fully saturated rings. The molecular weight excluding hydrogens is 216 g/mol. The zero-order valence-corrected chi connectivity index (χ0v) is 8.33. The summed E-state index contributed by atoms with van der Waals surface area (Å²) in [6, 6.07) is 0. The van der Waals surface area contributed by atoms with Crippen molar-refractivity contribution in [3.8, 4) is 0 Å². The van der Waals surface area contributed by atoms with Gasteiger partial charge in [-0.25, -0.2) is 8.78 Å². The van der Waals surface area contributed by atoms with Gasteiger partial charge in [0.2, 0.25) is 0 Å². The number of carbonyl (C=O) groups is 1. The van der Waals surface area contributed by atoms with Crippen molar-refractivity contribution in [2.24, 2.45) is 0 Å². The van der Waals surface area contributed by atoms with Crippen molar-refractivity contribution in [2.75, 3.05) is 19.6 Å². The van der Waals surface area contributed by atoms with E-state index < -0.39 is 18.3 Å². The number of amides is 1. The lowest BCUT2D eigenvalue weighted by molar-refractivity contribution is -0.169. The van der Waals surface area contributed by atoms with E-state index in [-0.39, 0.29) is 13.1 Å². The first-order valence-corrected chi connectivity index (χ1v) is 4.57. The fourth-order valence-corrected chi connectivity index (χ4v) is 0.783. The Kier molecular flexibility index (Phi) is 6.23. The SMILES string of the molecule is CCCNCCNC(=O)C(F)(F)C(F)F. The Morgan fingerprint density at radius 2 is 1.87 bits per heavy atom. The van der Waals surface area contributed by atoms with Crippen molar-refractivity contribution in [3.63, 3.8) is 0 Å². The molecule has 0 saturated heterocycles. The van der Waals surface area contributed by atoms with Gasteiger partial charge in [-0.05, 0) is 13.0 Å². The van der Waals surface area contributed by atoms with Crippen LogP contribution in [-0.2, 0) is 4.79 Å². The van der Waals surface area contributed by atoms with E-state index in [1.165, 1.54) is 0 Å². The largest absolute Gasteiger partial charge is 0.383 e. The second-order valence-electron chi connectivity index (χ2n) is 2.93. The topological polar surface area (TPSA) is 41.1 Å². The minimum atomic E-state index is -4.61. The van der Waals surface area contributed by atoms with Gasteiger partial charge in [0.15, 0.2) is 0 Å². The molecule has 0 unspecified atom stereocenters. The number of alkyl halides is 4. The fourth-order valence-electron chi connectivity index (χ4n) is 0.783. The van der Waals surface area contributed by atoms with Gasteiger partial charge in [0.25, 0.3) is 5.91 Å². The van der Waals surface area contributed by atoms with Crippen LogP contribution in [0.2, 0.25) is 0 Å². The molecule has 0 atom stereocenters. The van der Waals surface area contributed by atoms with Crippen molar-refractivity contribution >= 4 is 5.91 Å². The Morgan fingerprint density at radius 1 is 1.27 bits per heavy atom. The molecule has 0 aliphatic heterocycles. The lowest BCUT2D eigenvalue weighted by Crippen LogP contribution is -2.46. The van der Waals surface area contributed by atoms with E-state index in [1.54, 1.807) is 5.32 Å². The Balaban J connectivity index is 3.74. The number of hydrogen-bond donors (Lipinski definition) is 2.